The molecule has 0 amide bonds. The van der Waals surface area contributed by atoms with Crippen molar-refractivity contribution in [3.63, 3.8) is 0 Å². The molecule has 1 saturated carbocycles. The quantitative estimate of drug-likeness (QED) is 0.639. The fraction of sp³-hybridized carbons (Fsp3) is 0.636. The third-order valence-corrected chi connectivity index (χ3v) is 9.00. The van der Waals surface area contributed by atoms with E-state index in [9.17, 15) is 5.33 Å². The van der Waals surface area contributed by atoms with Crippen molar-refractivity contribution in [2.75, 3.05) is 0 Å². The van der Waals surface area contributed by atoms with Gasteiger partial charge in [-0.1, -0.05) is 0 Å². The van der Waals surface area contributed by atoms with Crippen molar-refractivity contribution >= 4 is 0 Å². The van der Waals surface area contributed by atoms with E-state index < -0.39 is 25.8 Å². The normalized spacial score (nSPS) is 24.9. The zero-order chi connectivity index (χ0) is 10.0. The van der Waals surface area contributed by atoms with Gasteiger partial charge in [0.15, 0.2) is 0 Å². The molecule has 0 aromatic rings. The van der Waals surface area contributed by atoms with Crippen molar-refractivity contribution in [3.8, 4) is 0 Å². The van der Waals surface area contributed by atoms with Gasteiger partial charge in [0.05, 0.1) is 0 Å². The molecule has 0 aromatic heterocycles. The Morgan fingerprint density at radius 3 is 2.36 bits per heavy atom. The summed E-state index contributed by atoms with van der Waals surface area (Å²) in [4.78, 5) is 0. The van der Waals surface area contributed by atoms with Crippen molar-refractivity contribution in [2.24, 2.45) is 0 Å². The Hall–Kier alpha value is 0.210. The first-order valence-electron chi connectivity index (χ1n) is 5.30. The molecule has 0 saturated heterocycles. The maximum absolute atomic E-state index is 13.4. The summed E-state index contributed by atoms with van der Waals surface area (Å²) in [6, 6.07) is 0. The van der Waals surface area contributed by atoms with Gasteiger partial charge < -0.3 is 0 Å². The molecule has 0 heterocycles. The zero-order valence-electron chi connectivity index (χ0n) is 8.23. The van der Waals surface area contributed by atoms with Crippen molar-refractivity contribution in [2.45, 2.75) is 41.7 Å². The van der Waals surface area contributed by atoms with Crippen LogP contribution in [0.3, 0.4) is 0 Å². The second-order valence-corrected chi connectivity index (χ2v) is 9.54. The molecule has 0 spiro atoms. The predicted octanol–water partition coefficient (Wildman–Crippen LogP) is 4.38. The first kappa shape index (κ1) is 10.7. The van der Waals surface area contributed by atoms with E-state index in [1.165, 1.54) is 0 Å². The van der Waals surface area contributed by atoms with Crippen LogP contribution in [0, 0.1) is 0 Å². The number of allylic oxidation sites excluding steroid dienone is 4. The van der Waals surface area contributed by atoms with Gasteiger partial charge in [0.2, 0.25) is 0 Å². The number of hydrogen-bond acceptors (Lipinski definition) is 0. The number of hydrogen-bond donors (Lipinski definition) is 0. The van der Waals surface area contributed by atoms with Crippen LogP contribution >= 0.6 is 0 Å². The summed E-state index contributed by atoms with van der Waals surface area (Å²) in [6.45, 7) is 0. The van der Waals surface area contributed by atoms with Crippen LogP contribution in [0.15, 0.2) is 23.8 Å². The summed E-state index contributed by atoms with van der Waals surface area (Å²) < 4.78 is 26.2. The fourth-order valence-corrected chi connectivity index (χ4v) is 6.76. The van der Waals surface area contributed by atoms with E-state index in [1.54, 1.807) is 0 Å². The van der Waals surface area contributed by atoms with Crippen LogP contribution in [-0.4, -0.2) is 0 Å². The molecule has 0 atom stereocenters. The predicted molar refractivity (Wildman–Crippen MR) is 49.8 cm³/mol. The van der Waals surface area contributed by atoms with Gasteiger partial charge in [0.1, 0.15) is 0 Å². The van der Waals surface area contributed by atoms with Crippen LogP contribution in [0.5, 0.6) is 0 Å². The molecule has 14 heavy (non-hydrogen) atoms. The molecule has 3 heteroatoms. The molecule has 0 aliphatic heterocycles. The van der Waals surface area contributed by atoms with E-state index in [0.717, 1.165) is 44.1 Å². The Morgan fingerprint density at radius 2 is 1.86 bits per heavy atom. The van der Waals surface area contributed by atoms with E-state index >= 15 is 0 Å². The van der Waals surface area contributed by atoms with Crippen LogP contribution < -0.4 is 0 Å². The molecule has 0 unspecified atom stereocenters. The van der Waals surface area contributed by atoms with E-state index in [1.807, 2.05) is 18.2 Å². The van der Waals surface area contributed by atoms with E-state index in [-0.39, 0.29) is 0 Å². The molecule has 2 aliphatic rings. The van der Waals surface area contributed by atoms with Crippen LogP contribution in [0.4, 0.5) is 5.33 Å². The topological polar surface area (TPSA) is 0 Å². The van der Waals surface area contributed by atoms with Gasteiger partial charge in [-0.05, 0) is 0 Å². The molecular weight excluding hydrogens is 349 g/mol. The SMILES string of the molecule is [F][Hf]([F])[C]1(C2=CC=CC2)CCCCC1. The van der Waals surface area contributed by atoms with Gasteiger partial charge in [0, 0.05) is 0 Å². The second kappa shape index (κ2) is 4.38. The fourth-order valence-electron chi connectivity index (χ4n) is 2.59. The van der Waals surface area contributed by atoms with Gasteiger partial charge in [0.25, 0.3) is 0 Å². The molecule has 0 radical (unpaired) electrons. The monoisotopic (exact) mass is 365 g/mol. The average Bonchev–Trinajstić information content (AvgIpc) is 2.72. The summed E-state index contributed by atoms with van der Waals surface area (Å²) >= 11 is -4.28. The first-order chi connectivity index (χ1) is 6.76. The van der Waals surface area contributed by atoms with Crippen molar-refractivity contribution in [1.82, 2.24) is 0 Å². The Morgan fingerprint density at radius 1 is 1.14 bits per heavy atom. The van der Waals surface area contributed by atoms with Crippen molar-refractivity contribution < 1.29 is 28.0 Å². The molecule has 2 rings (SSSR count). The minimum absolute atomic E-state index is 0.563. The van der Waals surface area contributed by atoms with Gasteiger partial charge in [-0.2, -0.15) is 0 Å². The Balaban J connectivity index is 2.21. The summed E-state index contributed by atoms with van der Waals surface area (Å²) in [5, 5.41) is 0. The van der Waals surface area contributed by atoms with Crippen LogP contribution in [0.1, 0.15) is 38.5 Å². The maximum atomic E-state index is 13.4. The third-order valence-electron chi connectivity index (χ3n) is 3.45. The van der Waals surface area contributed by atoms with Crippen molar-refractivity contribution in [3.05, 3.63) is 23.8 Å². The number of rotatable bonds is 2. The Kier molecular flexibility index (Phi) is 3.35. The molecular formula is C11H15F2Hf. The third kappa shape index (κ3) is 1.80. The van der Waals surface area contributed by atoms with E-state index in [4.69, 9.17) is 0 Å². The summed E-state index contributed by atoms with van der Waals surface area (Å²) in [7, 11) is 0. The molecule has 0 N–H and O–H groups in total. The summed E-state index contributed by atoms with van der Waals surface area (Å²) in [5.74, 6) is 0. The van der Waals surface area contributed by atoms with Crippen LogP contribution in [0.2, 0.25) is 3.17 Å². The van der Waals surface area contributed by atoms with Crippen molar-refractivity contribution in [1.29, 1.82) is 0 Å². The number of halogens is 2. The molecule has 0 nitrogen and oxygen atoms in total. The Bertz CT molecular complexity index is 262. The minimum atomic E-state index is -4.28. The zero-order valence-corrected chi connectivity index (χ0v) is 11.8. The molecule has 1 fully saturated rings. The van der Waals surface area contributed by atoms with Gasteiger partial charge in [-0.3, -0.25) is 0 Å². The summed E-state index contributed by atoms with van der Waals surface area (Å²) in [6.07, 6.45) is 11.4. The standard InChI is InChI=1S/C11H15.2FH.Hf/c1-2-6-10(7-3-1)11-8-4-5-9-11;;;/h4-5,8H,1-3,6-7,9H2;2*1H;/q;;;+2/p-2. The second-order valence-electron chi connectivity index (χ2n) is 4.23. The van der Waals surface area contributed by atoms with Crippen LogP contribution in [-0.2, 0) is 22.6 Å². The average molecular weight is 364 g/mol. The van der Waals surface area contributed by atoms with Gasteiger partial charge in [-0.15, -0.1) is 0 Å². The van der Waals surface area contributed by atoms with E-state index in [2.05, 4.69) is 0 Å². The van der Waals surface area contributed by atoms with Gasteiger partial charge in [-0.25, -0.2) is 0 Å². The Labute approximate surface area is 93.3 Å². The first-order valence-corrected chi connectivity index (χ1v) is 9.81. The van der Waals surface area contributed by atoms with Crippen LogP contribution in [0.25, 0.3) is 0 Å². The van der Waals surface area contributed by atoms with E-state index in [0.29, 0.717) is 0 Å². The molecule has 0 bridgehead atoms. The summed E-state index contributed by atoms with van der Waals surface area (Å²) in [5.41, 5.74) is 1.06. The van der Waals surface area contributed by atoms with Gasteiger partial charge >= 0.3 is 93.5 Å². The molecule has 77 valence electrons. The molecule has 0 aromatic carbocycles. The molecule has 2 aliphatic carbocycles.